The molecular weight excluding hydrogens is 412 g/mol. The lowest BCUT2D eigenvalue weighted by atomic mass is 9.99. The number of allylic oxidation sites excluding steroid dienone is 2. The minimum absolute atomic E-state index is 0.0317. The molecule has 0 spiro atoms. The summed E-state index contributed by atoms with van der Waals surface area (Å²) < 4.78 is 13.1. The Balaban J connectivity index is 2.27. The highest BCUT2D eigenvalue weighted by Gasteiger charge is 2.44. The van der Waals surface area contributed by atoms with Gasteiger partial charge in [-0.2, -0.15) is 0 Å². The van der Waals surface area contributed by atoms with Gasteiger partial charge in [-0.25, -0.2) is 9.59 Å². The smallest absolute Gasteiger partial charge is 0.330 e. The lowest BCUT2D eigenvalue weighted by Crippen LogP contribution is -2.46. The van der Waals surface area contributed by atoms with Gasteiger partial charge >= 0.3 is 11.7 Å². The summed E-state index contributed by atoms with van der Waals surface area (Å²) in [6.45, 7) is 16.0. The molecule has 0 saturated heterocycles. The molecule has 1 aromatic heterocycles. The Morgan fingerprint density at radius 3 is 2.61 bits per heavy atom. The average molecular weight is 449 g/mol. The van der Waals surface area contributed by atoms with Crippen LogP contribution >= 0.6 is 0 Å². The van der Waals surface area contributed by atoms with E-state index in [0.717, 1.165) is 5.57 Å². The molecule has 2 atom stereocenters. The van der Waals surface area contributed by atoms with Crippen molar-refractivity contribution < 1.29 is 14.0 Å². The highest BCUT2D eigenvalue weighted by atomic mass is 28.4. The summed E-state index contributed by atoms with van der Waals surface area (Å²) in [7, 11) is -2.03. The number of nitrogens with zero attached hydrogens (tertiary/aromatic N) is 1. The van der Waals surface area contributed by atoms with Crippen LogP contribution in [0.3, 0.4) is 0 Å². The standard InChI is InChI=1S/C23H36N2O5Si/c1-8-29-21(27)10-9-17-13-19(25-12-11-20(26)24-22(25)28)14-18(17)15-30-31(6,7)23(4,5)16(2)3/h9-13,16,18-19H,8,14-15H2,1-7H3,(H,24,26,28)/t18-,19+/m1/s1. The highest BCUT2D eigenvalue weighted by Crippen LogP contribution is 2.45. The summed E-state index contributed by atoms with van der Waals surface area (Å²) >= 11 is 0. The second-order valence-electron chi connectivity index (χ2n) is 9.47. The molecule has 31 heavy (non-hydrogen) atoms. The average Bonchev–Trinajstić information content (AvgIpc) is 3.07. The molecule has 2 rings (SSSR count). The first kappa shape index (κ1) is 25.1. The fourth-order valence-electron chi connectivity index (χ4n) is 3.64. The highest BCUT2D eigenvalue weighted by molar-refractivity contribution is 6.74. The van der Waals surface area contributed by atoms with Gasteiger partial charge in [0.25, 0.3) is 5.56 Å². The first-order valence-corrected chi connectivity index (χ1v) is 13.8. The third kappa shape index (κ3) is 5.95. The summed E-state index contributed by atoms with van der Waals surface area (Å²) in [4.78, 5) is 37.8. The molecule has 7 nitrogen and oxygen atoms in total. The van der Waals surface area contributed by atoms with E-state index in [4.69, 9.17) is 9.16 Å². The summed E-state index contributed by atoms with van der Waals surface area (Å²) in [5, 5.41) is 0.0888. The number of aromatic nitrogens is 2. The maximum absolute atomic E-state index is 12.3. The molecule has 172 valence electrons. The van der Waals surface area contributed by atoms with Gasteiger partial charge in [0.1, 0.15) is 0 Å². The molecule has 0 unspecified atom stereocenters. The molecule has 0 bridgehead atoms. The van der Waals surface area contributed by atoms with Gasteiger partial charge in [0, 0.05) is 30.9 Å². The largest absolute Gasteiger partial charge is 0.463 e. The fourth-order valence-corrected chi connectivity index (χ4v) is 6.02. The molecule has 1 N–H and O–H groups in total. The topological polar surface area (TPSA) is 90.4 Å². The fraction of sp³-hybridized carbons (Fsp3) is 0.609. The van der Waals surface area contributed by atoms with E-state index in [-0.39, 0.29) is 17.0 Å². The maximum atomic E-state index is 12.3. The van der Waals surface area contributed by atoms with Crippen LogP contribution in [0.5, 0.6) is 0 Å². The third-order valence-corrected chi connectivity index (χ3v) is 11.5. The molecular formula is C23H36N2O5Si. The van der Waals surface area contributed by atoms with E-state index in [2.05, 4.69) is 45.8 Å². The van der Waals surface area contributed by atoms with Crippen molar-refractivity contribution in [2.75, 3.05) is 13.2 Å². The van der Waals surface area contributed by atoms with Gasteiger partial charge in [0.05, 0.1) is 12.6 Å². The van der Waals surface area contributed by atoms with Crippen LogP contribution in [-0.4, -0.2) is 37.1 Å². The number of H-pyrrole nitrogens is 1. The van der Waals surface area contributed by atoms with E-state index < -0.39 is 25.5 Å². The van der Waals surface area contributed by atoms with Crippen molar-refractivity contribution in [1.29, 1.82) is 0 Å². The molecule has 0 aliphatic heterocycles. The summed E-state index contributed by atoms with van der Waals surface area (Å²) in [6.07, 6.45) is 7.30. The Bertz CT molecular complexity index is 955. The first-order chi connectivity index (χ1) is 14.4. The van der Waals surface area contributed by atoms with E-state index in [1.165, 1.54) is 22.9 Å². The maximum Gasteiger partial charge on any atom is 0.330 e. The Kier molecular flexibility index (Phi) is 8.05. The van der Waals surface area contributed by atoms with Gasteiger partial charge in [-0.05, 0) is 43.0 Å². The normalized spacial score (nSPS) is 19.8. The zero-order valence-corrected chi connectivity index (χ0v) is 20.7. The minimum Gasteiger partial charge on any atom is -0.463 e. The van der Waals surface area contributed by atoms with Crippen molar-refractivity contribution in [1.82, 2.24) is 9.55 Å². The third-order valence-electron chi connectivity index (χ3n) is 6.93. The van der Waals surface area contributed by atoms with Crippen LogP contribution in [0, 0.1) is 11.8 Å². The Morgan fingerprint density at radius 1 is 1.35 bits per heavy atom. The van der Waals surface area contributed by atoms with Crippen LogP contribution < -0.4 is 11.2 Å². The number of esters is 1. The van der Waals surface area contributed by atoms with E-state index >= 15 is 0 Å². The predicted octanol–water partition coefficient (Wildman–Crippen LogP) is 3.80. The van der Waals surface area contributed by atoms with Crippen LogP contribution in [-0.2, 0) is 14.0 Å². The van der Waals surface area contributed by atoms with Crippen molar-refractivity contribution in [2.45, 2.75) is 65.2 Å². The summed E-state index contributed by atoms with van der Waals surface area (Å²) in [5.41, 5.74) is 0.0669. The molecule has 0 aromatic carbocycles. The minimum atomic E-state index is -2.03. The Morgan fingerprint density at radius 2 is 2.03 bits per heavy atom. The second-order valence-corrected chi connectivity index (χ2v) is 14.1. The molecule has 1 aliphatic rings. The van der Waals surface area contributed by atoms with Crippen LogP contribution in [0.25, 0.3) is 0 Å². The number of aromatic amines is 1. The Hall–Kier alpha value is -2.19. The molecule has 0 radical (unpaired) electrons. The zero-order valence-electron chi connectivity index (χ0n) is 19.7. The van der Waals surface area contributed by atoms with E-state index in [1.807, 2.05) is 6.08 Å². The second kappa shape index (κ2) is 9.95. The number of rotatable bonds is 9. The molecule has 0 amide bonds. The number of hydrogen-bond acceptors (Lipinski definition) is 5. The Labute approximate surface area is 185 Å². The molecule has 1 heterocycles. The predicted molar refractivity (Wildman–Crippen MR) is 125 cm³/mol. The molecule has 1 aromatic rings. The van der Waals surface area contributed by atoms with Gasteiger partial charge in [0.2, 0.25) is 0 Å². The van der Waals surface area contributed by atoms with Gasteiger partial charge in [-0.1, -0.05) is 39.8 Å². The molecule has 8 heteroatoms. The van der Waals surface area contributed by atoms with Crippen molar-refractivity contribution in [3.63, 3.8) is 0 Å². The number of nitrogens with one attached hydrogen (secondary N) is 1. The number of hydrogen-bond donors (Lipinski definition) is 1. The lowest BCUT2D eigenvalue weighted by molar-refractivity contribution is -0.137. The van der Waals surface area contributed by atoms with Crippen LogP contribution in [0.2, 0.25) is 18.1 Å². The summed E-state index contributed by atoms with van der Waals surface area (Å²) in [6, 6.07) is 1.12. The van der Waals surface area contributed by atoms with Crippen molar-refractivity contribution in [2.24, 2.45) is 11.8 Å². The quantitative estimate of drug-likeness (QED) is 0.352. The SMILES string of the molecule is CCOC(=O)C=CC1=C[C@H](n2ccc(=O)[nH]c2=O)C[C@@H]1CO[Si](C)(C)C(C)(C)C(C)C. The van der Waals surface area contributed by atoms with E-state index in [9.17, 15) is 14.4 Å². The monoisotopic (exact) mass is 448 g/mol. The van der Waals surface area contributed by atoms with E-state index in [1.54, 1.807) is 13.0 Å². The number of carbonyl (C=O) groups is 1. The molecule has 1 aliphatic carbocycles. The lowest BCUT2D eigenvalue weighted by Gasteiger charge is -2.43. The van der Waals surface area contributed by atoms with Crippen LogP contribution in [0.4, 0.5) is 0 Å². The van der Waals surface area contributed by atoms with Crippen LogP contribution in [0.15, 0.2) is 45.7 Å². The van der Waals surface area contributed by atoms with E-state index in [0.29, 0.717) is 25.6 Å². The summed E-state index contributed by atoms with van der Waals surface area (Å²) in [5.74, 6) is 0.122. The van der Waals surface area contributed by atoms with Gasteiger partial charge in [0.15, 0.2) is 8.32 Å². The van der Waals surface area contributed by atoms with Gasteiger partial charge in [-0.3, -0.25) is 14.3 Å². The van der Waals surface area contributed by atoms with Crippen molar-refractivity contribution in [3.8, 4) is 0 Å². The zero-order chi connectivity index (χ0) is 23.4. The molecule has 0 fully saturated rings. The van der Waals surface area contributed by atoms with Gasteiger partial charge in [-0.15, -0.1) is 0 Å². The number of ether oxygens (including phenoxy) is 1. The first-order valence-electron chi connectivity index (χ1n) is 10.9. The number of carbonyl (C=O) groups excluding carboxylic acids is 1. The van der Waals surface area contributed by atoms with Crippen molar-refractivity contribution in [3.05, 3.63) is 56.9 Å². The van der Waals surface area contributed by atoms with Gasteiger partial charge < -0.3 is 9.16 Å². The van der Waals surface area contributed by atoms with Crippen molar-refractivity contribution >= 4 is 14.3 Å². The van der Waals surface area contributed by atoms with Crippen LogP contribution in [0.1, 0.15) is 47.1 Å². The molecule has 0 saturated carbocycles.